The molecule has 1 aromatic carbocycles. The van der Waals surface area contributed by atoms with Crippen LogP contribution in [0.25, 0.3) is 0 Å². The Balaban J connectivity index is 1.24. The van der Waals surface area contributed by atoms with Gasteiger partial charge in [0.2, 0.25) is 5.91 Å². The van der Waals surface area contributed by atoms with Crippen LogP contribution in [0.4, 0.5) is 0 Å². The van der Waals surface area contributed by atoms with Gasteiger partial charge in [0.05, 0.1) is 5.69 Å². The summed E-state index contributed by atoms with van der Waals surface area (Å²) in [5.74, 6) is 0.278. The molecule has 2 fully saturated rings. The van der Waals surface area contributed by atoms with Crippen molar-refractivity contribution in [2.75, 3.05) is 32.8 Å². The van der Waals surface area contributed by atoms with Gasteiger partial charge < -0.3 is 9.64 Å². The first-order valence-corrected chi connectivity index (χ1v) is 11.3. The summed E-state index contributed by atoms with van der Waals surface area (Å²) in [4.78, 5) is 21.9. The lowest BCUT2D eigenvalue weighted by Crippen LogP contribution is -2.35. The van der Waals surface area contributed by atoms with E-state index in [0.717, 1.165) is 75.7 Å². The van der Waals surface area contributed by atoms with Gasteiger partial charge in [0, 0.05) is 51.1 Å². The number of rotatable bonds is 6. The Kier molecular flexibility index (Phi) is 6.73. The molecular formula is C22H29N3O2S. The Morgan fingerprint density at radius 2 is 2.04 bits per heavy atom. The number of aromatic nitrogens is 1. The molecule has 1 amide bonds. The molecule has 0 radical (unpaired) electrons. The SMILES string of the molecule is O=C(CCc1ccccc1)N1CCCN(Cc2csc(C3CCCO3)n2)CC1. The van der Waals surface area contributed by atoms with Crippen LogP contribution in [0.15, 0.2) is 35.7 Å². The summed E-state index contributed by atoms with van der Waals surface area (Å²) in [5.41, 5.74) is 2.37. The summed E-state index contributed by atoms with van der Waals surface area (Å²) >= 11 is 1.72. The third-order valence-corrected chi connectivity index (χ3v) is 6.56. The maximum Gasteiger partial charge on any atom is 0.222 e. The molecule has 0 N–H and O–H groups in total. The highest BCUT2D eigenvalue weighted by molar-refractivity contribution is 7.09. The molecule has 0 spiro atoms. The van der Waals surface area contributed by atoms with Crippen LogP contribution in [0.1, 0.15) is 48.1 Å². The molecule has 0 saturated carbocycles. The fraction of sp³-hybridized carbons (Fsp3) is 0.545. The molecule has 150 valence electrons. The molecule has 1 unspecified atom stereocenters. The molecule has 4 rings (SSSR count). The van der Waals surface area contributed by atoms with Gasteiger partial charge in [0.1, 0.15) is 11.1 Å². The third kappa shape index (κ3) is 5.19. The number of amides is 1. The molecule has 6 heteroatoms. The van der Waals surface area contributed by atoms with Gasteiger partial charge in [-0.15, -0.1) is 11.3 Å². The minimum absolute atomic E-state index is 0.209. The lowest BCUT2D eigenvalue weighted by molar-refractivity contribution is -0.131. The standard InChI is InChI=1S/C22H29N3O2S/c26-21(10-9-18-6-2-1-3-7-18)25-12-5-11-24(13-14-25)16-19-17-28-22(23-19)20-8-4-15-27-20/h1-3,6-7,17,20H,4-5,8-16H2. The predicted octanol–water partition coefficient (Wildman–Crippen LogP) is 3.66. The molecule has 0 aliphatic carbocycles. The van der Waals surface area contributed by atoms with Gasteiger partial charge >= 0.3 is 0 Å². The molecule has 2 aliphatic rings. The van der Waals surface area contributed by atoms with E-state index in [2.05, 4.69) is 22.4 Å². The van der Waals surface area contributed by atoms with Crippen molar-refractivity contribution in [2.24, 2.45) is 0 Å². The molecule has 0 bridgehead atoms. The van der Waals surface area contributed by atoms with Gasteiger partial charge in [-0.3, -0.25) is 9.69 Å². The fourth-order valence-corrected chi connectivity index (χ4v) is 4.87. The van der Waals surface area contributed by atoms with E-state index in [1.807, 2.05) is 23.1 Å². The van der Waals surface area contributed by atoms with Crippen LogP contribution in [0.2, 0.25) is 0 Å². The molecule has 1 aromatic heterocycles. The topological polar surface area (TPSA) is 45.7 Å². The number of hydrogen-bond donors (Lipinski definition) is 0. The lowest BCUT2D eigenvalue weighted by atomic mass is 10.1. The van der Waals surface area contributed by atoms with Crippen molar-refractivity contribution in [3.05, 3.63) is 52.0 Å². The number of hydrogen-bond acceptors (Lipinski definition) is 5. The van der Waals surface area contributed by atoms with Crippen LogP contribution in [0.5, 0.6) is 0 Å². The van der Waals surface area contributed by atoms with Gasteiger partial charge in [-0.05, 0) is 31.2 Å². The Morgan fingerprint density at radius 1 is 1.14 bits per heavy atom. The second-order valence-corrected chi connectivity index (χ2v) is 8.56. The summed E-state index contributed by atoms with van der Waals surface area (Å²) in [5, 5.41) is 3.30. The van der Waals surface area contributed by atoms with E-state index < -0.39 is 0 Å². The third-order valence-electron chi connectivity index (χ3n) is 5.57. The first-order chi connectivity index (χ1) is 13.8. The maximum atomic E-state index is 12.6. The van der Waals surface area contributed by atoms with Crippen molar-refractivity contribution in [1.82, 2.24) is 14.8 Å². The van der Waals surface area contributed by atoms with Gasteiger partial charge in [-0.2, -0.15) is 0 Å². The van der Waals surface area contributed by atoms with Crippen LogP contribution >= 0.6 is 11.3 Å². The molecule has 2 aliphatic heterocycles. The largest absolute Gasteiger partial charge is 0.371 e. The van der Waals surface area contributed by atoms with Crippen molar-refractivity contribution in [3.8, 4) is 0 Å². The monoisotopic (exact) mass is 399 g/mol. The second kappa shape index (κ2) is 9.63. The molecule has 2 saturated heterocycles. The van der Waals surface area contributed by atoms with Crippen LogP contribution in [-0.2, 0) is 22.5 Å². The molecule has 3 heterocycles. The van der Waals surface area contributed by atoms with E-state index in [0.29, 0.717) is 6.42 Å². The normalized spacial score (nSPS) is 21.0. The zero-order valence-corrected chi connectivity index (χ0v) is 17.2. The predicted molar refractivity (Wildman–Crippen MR) is 111 cm³/mol. The minimum Gasteiger partial charge on any atom is -0.371 e. The van der Waals surface area contributed by atoms with E-state index >= 15 is 0 Å². The Morgan fingerprint density at radius 3 is 2.86 bits per heavy atom. The Bertz CT molecular complexity index is 758. The van der Waals surface area contributed by atoms with Crippen LogP contribution < -0.4 is 0 Å². The number of ether oxygens (including phenoxy) is 1. The Labute approximate surface area is 171 Å². The van der Waals surface area contributed by atoms with Gasteiger partial charge in [0.25, 0.3) is 0 Å². The number of nitrogens with zero attached hydrogens (tertiary/aromatic N) is 3. The first kappa shape index (κ1) is 19.6. The number of carbonyl (C=O) groups is 1. The molecule has 1 atom stereocenters. The first-order valence-electron chi connectivity index (χ1n) is 10.4. The van der Waals surface area contributed by atoms with Crippen molar-refractivity contribution in [3.63, 3.8) is 0 Å². The number of benzene rings is 1. The van der Waals surface area contributed by atoms with E-state index in [1.54, 1.807) is 11.3 Å². The smallest absolute Gasteiger partial charge is 0.222 e. The van der Waals surface area contributed by atoms with Crippen LogP contribution in [-0.4, -0.2) is 53.5 Å². The van der Waals surface area contributed by atoms with E-state index in [1.165, 1.54) is 5.56 Å². The number of aryl methyl sites for hydroxylation is 1. The summed E-state index contributed by atoms with van der Waals surface area (Å²) in [6, 6.07) is 10.3. The summed E-state index contributed by atoms with van der Waals surface area (Å²) < 4.78 is 5.75. The van der Waals surface area contributed by atoms with Crippen molar-refractivity contribution in [2.45, 2.75) is 44.8 Å². The summed E-state index contributed by atoms with van der Waals surface area (Å²) in [7, 11) is 0. The highest BCUT2D eigenvalue weighted by Gasteiger charge is 2.23. The van der Waals surface area contributed by atoms with Crippen molar-refractivity contribution >= 4 is 17.2 Å². The lowest BCUT2D eigenvalue weighted by Gasteiger charge is -2.21. The zero-order chi connectivity index (χ0) is 19.2. The molecule has 5 nitrogen and oxygen atoms in total. The zero-order valence-electron chi connectivity index (χ0n) is 16.4. The van der Waals surface area contributed by atoms with Gasteiger partial charge in [-0.25, -0.2) is 4.98 Å². The molecule has 2 aromatic rings. The van der Waals surface area contributed by atoms with Gasteiger partial charge in [0.15, 0.2) is 0 Å². The molecular weight excluding hydrogens is 370 g/mol. The molecule has 28 heavy (non-hydrogen) atoms. The van der Waals surface area contributed by atoms with E-state index in [4.69, 9.17) is 9.72 Å². The van der Waals surface area contributed by atoms with Crippen molar-refractivity contribution < 1.29 is 9.53 Å². The Hall–Kier alpha value is -1.76. The fourth-order valence-electron chi connectivity index (χ4n) is 3.98. The van der Waals surface area contributed by atoms with E-state index in [-0.39, 0.29) is 12.0 Å². The second-order valence-electron chi connectivity index (χ2n) is 7.67. The highest BCUT2D eigenvalue weighted by Crippen LogP contribution is 2.30. The number of carbonyl (C=O) groups excluding carboxylic acids is 1. The van der Waals surface area contributed by atoms with Crippen LogP contribution in [0, 0.1) is 0 Å². The summed E-state index contributed by atoms with van der Waals surface area (Å²) in [6.07, 6.45) is 4.89. The van der Waals surface area contributed by atoms with E-state index in [9.17, 15) is 4.79 Å². The maximum absolute atomic E-state index is 12.6. The minimum atomic E-state index is 0.209. The quantitative estimate of drug-likeness (QED) is 0.744. The van der Waals surface area contributed by atoms with Gasteiger partial charge in [-0.1, -0.05) is 30.3 Å². The average Bonchev–Trinajstić information content (AvgIpc) is 3.36. The average molecular weight is 400 g/mol. The summed E-state index contributed by atoms with van der Waals surface area (Å²) in [6.45, 7) is 5.35. The number of thiazole rings is 1. The highest BCUT2D eigenvalue weighted by atomic mass is 32.1. The van der Waals surface area contributed by atoms with Crippen LogP contribution in [0.3, 0.4) is 0 Å². The van der Waals surface area contributed by atoms with Crippen molar-refractivity contribution in [1.29, 1.82) is 0 Å².